The third-order valence-electron chi connectivity index (χ3n) is 1.88. The van der Waals surface area contributed by atoms with E-state index in [1.165, 1.54) is 13.3 Å². The van der Waals surface area contributed by atoms with E-state index in [0.717, 1.165) is 5.56 Å². The molecule has 14 heavy (non-hydrogen) atoms. The normalized spacial score (nSPS) is 10.3. The van der Waals surface area contributed by atoms with E-state index >= 15 is 0 Å². The lowest BCUT2D eigenvalue weighted by molar-refractivity contribution is 0.0537. The van der Waals surface area contributed by atoms with Crippen molar-refractivity contribution < 1.29 is 9.63 Å². The summed E-state index contributed by atoms with van der Waals surface area (Å²) in [6, 6.07) is 1.81. The number of aromatic nitrogens is 1. The molecule has 1 aromatic heterocycles. The molecule has 1 N–H and O–H groups in total. The summed E-state index contributed by atoms with van der Waals surface area (Å²) in [4.78, 5) is 19.9. The molecule has 1 amide bonds. The molecule has 1 aromatic rings. The second-order valence-corrected chi connectivity index (χ2v) is 3.30. The average molecular weight is 194 g/mol. The Morgan fingerprint density at radius 3 is 2.79 bits per heavy atom. The molecule has 4 heteroatoms. The van der Waals surface area contributed by atoms with Gasteiger partial charge in [-0.05, 0) is 17.5 Å². The zero-order valence-electron chi connectivity index (χ0n) is 8.57. The lowest BCUT2D eigenvalue weighted by Gasteiger charge is -2.06. The van der Waals surface area contributed by atoms with E-state index in [9.17, 15) is 4.79 Å². The lowest BCUT2D eigenvalue weighted by Crippen LogP contribution is -2.22. The summed E-state index contributed by atoms with van der Waals surface area (Å²) in [5.74, 6) is 0.0836. The zero-order valence-corrected chi connectivity index (χ0v) is 8.57. The summed E-state index contributed by atoms with van der Waals surface area (Å²) < 4.78 is 0. The van der Waals surface area contributed by atoms with Crippen LogP contribution in [0.15, 0.2) is 18.5 Å². The summed E-state index contributed by atoms with van der Waals surface area (Å²) in [5.41, 5.74) is 3.80. The van der Waals surface area contributed by atoms with E-state index < -0.39 is 0 Å². The van der Waals surface area contributed by atoms with Crippen LogP contribution in [0.2, 0.25) is 0 Å². The Morgan fingerprint density at radius 2 is 2.21 bits per heavy atom. The molecule has 0 spiro atoms. The molecule has 1 heterocycles. The highest BCUT2D eigenvalue weighted by Crippen LogP contribution is 2.13. The minimum Gasteiger partial charge on any atom is -0.277 e. The van der Waals surface area contributed by atoms with Gasteiger partial charge in [0.2, 0.25) is 0 Å². The van der Waals surface area contributed by atoms with Crippen LogP contribution in [0, 0.1) is 0 Å². The fourth-order valence-electron chi connectivity index (χ4n) is 1.05. The molecule has 4 nitrogen and oxygen atoms in total. The second kappa shape index (κ2) is 4.72. The van der Waals surface area contributed by atoms with E-state index in [1.54, 1.807) is 6.20 Å². The Balaban J connectivity index is 2.88. The first kappa shape index (κ1) is 10.7. The van der Waals surface area contributed by atoms with Gasteiger partial charge in [0.25, 0.3) is 5.91 Å². The van der Waals surface area contributed by atoms with Crippen molar-refractivity contribution in [2.24, 2.45) is 0 Å². The minimum absolute atomic E-state index is 0.275. The molecular formula is C10H14N2O2. The van der Waals surface area contributed by atoms with Gasteiger partial charge in [0.1, 0.15) is 0 Å². The molecule has 0 aliphatic carbocycles. The van der Waals surface area contributed by atoms with Gasteiger partial charge in [-0.15, -0.1) is 0 Å². The van der Waals surface area contributed by atoms with E-state index in [-0.39, 0.29) is 5.91 Å². The SMILES string of the molecule is CONC(=O)c1cncc(C(C)C)c1. The highest BCUT2D eigenvalue weighted by Gasteiger charge is 2.07. The van der Waals surface area contributed by atoms with Crippen LogP contribution in [-0.2, 0) is 4.84 Å². The number of carbonyl (C=O) groups excluding carboxylic acids is 1. The quantitative estimate of drug-likeness (QED) is 0.742. The first-order valence-electron chi connectivity index (χ1n) is 4.43. The Kier molecular flexibility index (Phi) is 3.59. The molecule has 0 fully saturated rings. The molecule has 0 aliphatic rings. The van der Waals surface area contributed by atoms with Crippen LogP contribution >= 0.6 is 0 Å². The largest absolute Gasteiger partial charge is 0.277 e. The van der Waals surface area contributed by atoms with Gasteiger partial charge in [-0.25, -0.2) is 5.48 Å². The van der Waals surface area contributed by atoms with Crippen molar-refractivity contribution in [3.63, 3.8) is 0 Å². The number of nitrogens with one attached hydrogen (secondary N) is 1. The molecule has 0 aromatic carbocycles. The molecule has 0 saturated heterocycles. The van der Waals surface area contributed by atoms with Crippen LogP contribution in [0.5, 0.6) is 0 Å². The topological polar surface area (TPSA) is 51.2 Å². The summed E-state index contributed by atoms with van der Waals surface area (Å²) in [6.45, 7) is 4.10. The average Bonchev–Trinajstić information content (AvgIpc) is 2.18. The molecule has 0 saturated carbocycles. The number of hydrogen-bond donors (Lipinski definition) is 1. The van der Waals surface area contributed by atoms with Crippen molar-refractivity contribution in [1.82, 2.24) is 10.5 Å². The van der Waals surface area contributed by atoms with Gasteiger partial charge >= 0.3 is 0 Å². The fourth-order valence-corrected chi connectivity index (χ4v) is 1.05. The summed E-state index contributed by atoms with van der Waals surface area (Å²) >= 11 is 0. The van der Waals surface area contributed by atoms with Gasteiger partial charge in [-0.1, -0.05) is 13.8 Å². The monoisotopic (exact) mass is 194 g/mol. The van der Waals surface area contributed by atoms with Crippen molar-refractivity contribution in [2.75, 3.05) is 7.11 Å². The van der Waals surface area contributed by atoms with Gasteiger partial charge in [0.15, 0.2) is 0 Å². The van der Waals surface area contributed by atoms with Crippen LogP contribution < -0.4 is 5.48 Å². The van der Waals surface area contributed by atoms with E-state index in [2.05, 4.69) is 29.1 Å². The van der Waals surface area contributed by atoms with E-state index in [4.69, 9.17) is 0 Å². The minimum atomic E-state index is -0.275. The summed E-state index contributed by atoms with van der Waals surface area (Å²) in [5, 5.41) is 0. The number of amides is 1. The number of hydroxylamine groups is 1. The third kappa shape index (κ3) is 2.53. The molecular weight excluding hydrogens is 180 g/mol. The standard InChI is InChI=1S/C10H14N2O2/c1-7(2)8-4-9(6-11-5-8)10(13)12-14-3/h4-7H,1-3H3,(H,12,13). The molecule has 0 bridgehead atoms. The van der Waals surface area contributed by atoms with Crippen LogP contribution in [0.1, 0.15) is 35.7 Å². The maximum absolute atomic E-state index is 11.3. The first-order valence-corrected chi connectivity index (χ1v) is 4.43. The molecule has 0 unspecified atom stereocenters. The first-order chi connectivity index (χ1) is 6.65. The lowest BCUT2D eigenvalue weighted by atomic mass is 10.0. The Bertz CT molecular complexity index is 324. The van der Waals surface area contributed by atoms with Crippen molar-refractivity contribution in [3.8, 4) is 0 Å². The predicted molar refractivity (Wildman–Crippen MR) is 52.8 cm³/mol. The number of hydrogen-bond acceptors (Lipinski definition) is 3. The summed E-state index contributed by atoms with van der Waals surface area (Å²) in [6.07, 6.45) is 3.27. The van der Waals surface area contributed by atoms with Gasteiger partial charge in [0.05, 0.1) is 12.7 Å². The van der Waals surface area contributed by atoms with E-state index in [0.29, 0.717) is 11.5 Å². The predicted octanol–water partition coefficient (Wildman–Crippen LogP) is 1.50. The Hall–Kier alpha value is -1.42. The van der Waals surface area contributed by atoms with Gasteiger partial charge in [0, 0.05) is 12.4 Å². The van der Waals surface area contributed by atoms with Crippen molar-refractivity contribution in [2.45, 2.75) is 19.8 Å². The maximum atomic E-state index is 11.3. The molecule has 0 aliphatic heterocycles. The van der Waals surface area contributed by atoms with Gasteiger partial charge < -0.3 is 0 Å². The number of carbonyl (C=O) groups is 1. The van der Waals surface area contributed by atoms with Crippen molar-refractivity contribution >= 4 is 5.91 Å². The Labute approximate surface area is 83.3 Å². The highest BCUT2D eigenvalue weighted by atomic mass is 16.6. The smallest absolute Gasteiger partial charge is 0.276 e. The fraction of sp³-hybridized carbons (Fsp3) is 0.400. The second-order valence-electron chi connectivity index (χ2n) is 3.30. The van der Waals surface area contributed by atoms with Crippen LogP contribution in [0.4, 0.5) is 0 Å². The third-order valence-corrected chi connectivity index (χ3v) is 1.88. The summed E-state index contributed by atoms with van der Waals surface area (Å²) in [7, 11) is 1.40. The van der Waals surface area contributed by atoms with E-state index in [1.807, 2.05) is 6.07 Å². The molecule has 76 valence electrons. The van der Waals surface area contributed by atoms with Crippen molar-refractivity contribution in [1.29, 1.82) is 0 Å². The number of nitrogens with zero attached hydrogens (tertiary/aromatic N) is 1. The number of pyridine rings is 1. The number of rotatable bonds is 3. The molecule has 0 atom stereocenters. The molecule has 0 radical (unpaired) electrons. The van der Waals surface area contributed by atoms with Crippen LogP contribution in [0.25, 0.3) is 0 Å². The molecule has 1 rings (SSSR count). The maximum Gasteiger partial charge on any atom is 0.276 e. The van der Waals surface area contributed by atoms with Crippen molar-refractivity contribution in [3.05, 3.63) is 29.6 Å². The van der Waals surface area contributed by atoms with Gasteiger partial charge in [-0.3, -0.25) is 14.6 Å². The highest BCUT2D eigenvalue weighted by molar-refractivity contribution is 5.93. The Morgan fingerprint density at radius 1 is 1.50 bits per heavy atom. The van der Waals surface area contributed by atoms with Gasteiger partial charge in [-0.2, -0.15) is 0 Å². The van der Waals surface area contributed by atoms with Crippen LogP contribution in [-0.4, -0.2) is 18.0 Å². The van der Waals surface area contributed by atoms with Crippen LogP contribution in [0.3, 0.4) is 0 Å². The zero-order chi connectivity index (χ0) is 10.6.